The van der Waals surface area contributed by atoms with Crippen molar-refractivity contribution in [1.82, 2.24) is 9.78 Å². The van der Waals surface area contributed by atoms with Gasteiger partial charge in [0.15, 0.2) is 5.75 Å². The Hall–Kier alpha value is -3.52. The van der Waals surface area contributed by atoms with E-state index < -0.39 is 6.09 Å². The number of carbonyl (C=O) groups excluding carboxylic acids is 1. The zero-order valence-corrected chi connectivity index (χ0v) is 14.7. The van der Waals surface area contributed by atoms with Gasteiger partial charge in [-0.25, -0.2) is 4.79 Å². The standard InChI is InChI=1S/C18H19N5O3/c1-3-15-17(16(4-2)23(22-15)5-6-25-18(21)24)26-14-8-12(10-19)7-13(9-14)11-20/h7-9H,3-6H2,1-2H3,(H2,21,24). The third-order valence-corrected chi connectivity index (χ3v) is 3.68. The second-order valence-electron chi connectivity index (χ2n) is 5.39. The Morgan fingerprint density at radius 1 is 1.19 bits per heavy atom. The smallest absolute Gasteiger partial charge is 0.404 e. The summed E-state index contributed by atoms with van der Waals surface area (Å²) >= 11 is 0. The number of primary amides is 1. The van der Waals surface area contributed by atoms with Gasteiger partial charge in [-0.15, -0.1) is 0 Å². The van der Waals surface area contributed by atoms with Gasteiger partial charge < -0.3 is 15.2 Å². The number of hydrogen-bond acceptors (Lipinski definition) is 6. The molecule has 26 heavy (non-hydrogen) atoms. The molecule has 2 N–H and O–H groups in total. The van der Waals surface area contributed by atoms with Crippen molar-refractivity contribution in [3.05, 3.63) is 40.7 Å². The number of benzene rings is 1. The molecular formula is C18H19N5O3. The Morgan fingerprint density at radius 2 is 1.85 bits per heavy atom. The topological polar surface area (TPSA) is 127 Å². The Balaban J connectivity index is 2.37. The minimum atomic E-state index is -0.834. The quantitative estimate of drug-likeness (QED) is 0.815. The Morgan fingerprint density at radius 3 is 2.35 bits per heavy atom. The van der Waals surface area contributed by atoms with Gasteiger partial charge in [-0.3, -0.25) is 4.68 Å². The molecule has 0 radical (unpaired) electrons. The third kappa shape index (κ3) is 4.31. The Bertz CT molecular complexity index is 857. The van der Waals surface area contributed by atoms with Crippen LogP contribution >= 0.6 is 0 Å². The predicted octanol–water partition coefficient (Wildman–Crippen LogP) is 2.64. The van der Waals surface area contributed by atoms with Crippen molar-refractivity contribution in [2.75, 3.05) is 6.61 Å². The molecule has 1 aromatic heterocycles. The number of nitrogens with zero attached hydrogens (tertiary/aromatic N) is 4. The number of carbonyl (C=O) groups is 1. The molecule has 8 nitrogen and oxygen atoms in total. The van der Waals surface area contributed by atoms with Crippen LogP contribution < -0.4 is 10.5 Å². The zero-order chi connectivity index (χ0) is 19.1. The molecule has 0 unspecified atom stereocenters. The molecular weight excluding hydrogens is 334 g/mol. The number of nitrogens with two attached hydrogens (primary N) is 1. The van der Waals surface area contributed by atoms with Crippen LogP contribution in [0.3, 0.4) is 0 Å². The van der Waals surface area contributed by atoms with Crippen LogP contribution in [-0.2, 0) is 24.1 Å². The number of nitriles is 2. The average Bonchev–Trinajstić information content (AvgIpc) is 2.97. The third-order valence-electron chi connectivity index (χ3n) is 3.68. The van der Waals surface area contributed by atoms with E-state index >= 15 is 0 Å². The molecule has 1 aromatic carbocycles. The van der Waals surface area contributed by atoms with Crippen molar-refractivity contribution in [3.8, 4) is 23.6 Å². The molecule has 2 rings (SSSR count). The molecule has 2 aromatic rings. The van der Waals surface area contributed by atoms with E-state index in [0.717, 1.165) is 11.4 Å². The molecule has 0 bridgehead atoms. The van der Waals surface area contributed by atoms with Crippen molar-refractivity contribution in [1.29, 1.82) is 10.5 Å². The van der Waals surface area contributed by atoms with Gasteiger partial charge >= 0.3 is 6.09 Å². The normalized spacial score (nSPS) is 10.0. The van der Waals surface area contributed by atoms with Gasteiger partial charge in [-0.2, -0.15) is 15.6 Å². The average molecular weight is 353 g/mol. The van der Waals surface area contributed by atoms with Crippen LogP contribution in [0.5, 0.6) is 11.5 Å². The van der Waals surface area contributed by atoms with Crippen molar-refractivity contribution < 1.29 is 14.3 Å². The molecule has 0 aliphatic rings. The first-order valence-electron chi connectivity index (χ1n) is 8.16. The van der Waals surface area contributed by atoms with Crippen LogP contribution in [0.2, 0.25) is 0 Å². The van der Waals surface area contributed by atoms with E-state index in [1.807, 2.05) is 26.0 Å². The van der Waals surface area contributed by atoms with E-state index in [1.165, 1.54) is 6.07 Å². The van der Waals surface area contributed by atoms with Gasteiger partial charge in [0.1, 0.15) is 18.1 Å². The second kappa shape index (κ2) is 8.54. The summed E-state index contributed by atoms with van der Waals surface area (Å²) in [5.74, 6) is 0.992. The van der Waals surface area contributed by atoms with E-state index in [1.54, 1.807) is 16.8 Å². The highest BCUT2D eigenvalue weighted by molar-refractivity contribution is 5.64. The number of aromatic nitrogens is 2. The maximum atomic E-state index is 10.7. The number of aryl methyl sites for hydroxylation is 1. The van der Waals surface area contributed by atoms with Gasteiger partial charge in [0.05, 0.1) is 35.5 Å². The molecule has 8 heteroatoms. The minimum absolute atomic E-state index is 0.106. The maximum Gasteiger partial charge on any atom is 0.404 e. The molecule has 1 heterocycles. The van der Waals surface area contributed by atoms with Gasteiger partial charge in [0, 0.05) is 0 Å². The van der Waals surface area contributed by atoms with Crippen LogP contribution in [0.15, 0.2) is 18.2 Å². The van der Waals surface area contributed by atoms with E-state index in [2.05, 4.69) is 5.10 Å². The van der Waals surface area contributed by atoms with Crippen LogP contribution in [-0.4, -0.2) is 22.5 Å². The fourth-order valence-corrected chi connectivity index (χ4v) is 2.55. The van der Waals surface area contributed by atoms with Crippen molar-refractivity contribution >= 4 is 6.09 Å². The largest absolute Gasteiger partial charge is 0.453 e. The lowest BCUT2D eigenvalue weighted by molar-refractivity contribution is 0.150. The summed E-state index contributed by atoms with van der Waals surface area (Å²) in [5, 5.41) is 22.7. The van der Waals surface area contributed by atoms with Crippen molar-refractivity contribution in [2.45, 2.75) is 33.2 Å². The zero-order valence-electron chi connectivity index (χ0n) is 14.7. The number of ether oxygens (including phenoxy) is 2. The first kappa shape index (κ1) is 18.8. The van der Waals surface area contributed by atoms with Crippen molar-refractivity contribution in [2.24, 2.45) is 5.73 Å². The highest BCUT2D eigenvalue weighted by Crippen LogP contribution is 2.31. The van der Waals surface area contributed by atoms with Gasteiger partial charge in [0.25, 0.3) is 0 Å². The second-order valence-corrected chi connectivity index (χ2v) is 5.39. The predicted molar refractivity (Wildman–Crippen MR) is 92.5 cm³/mol. The highest BCUT2D eigenvalue weighted by Gasteiger charge is 2.18. The van der Waals surface area contributed by atoms with Crippen LogP contribution in [0, 0.1) is 22.7 Å². The summed E-state index contributed by atoms with van der Waals surface area (Å²) in [6.07, 6.45) is 0.441. The van der Waals surface area contributed by atoms with Crippen molar-refractivity contribution in [3.63, 3.8) is 0 Å². The summed E-state index contributed by atoms with van der Waals surface area (Å²) in [7, 11) is 0. The fourth-order valence-electron chi connectivity index (χ4n) is 2.55. The molecule has 0 saturated heterocycles. The molecule has 0 aliphatic heterocycles. The summed E-state index contributed by atoms with van der Waals surface area (Å²) in [6.45, 7) is 4.37. The van der Waals surface area contributed by atoms with E-state index in [4.69, 9.17) is 25.7 Å². The highest BCUT2D eigenvalue weighted by atomic mass is 16.5. The SMILES string of the molecule is CCc1nn(CCOC(N)=O)c(CC)c1Oc1cc(C#N)cc(C#N)c1. The maximum absolute atomic E-state index is 10.7. The van der Waals surface area contributed by atoms with E-state index in [9.17, 15) is 4.79 Å². The van der Waals surface area contributed by atoms with Gasteiger partial charge in [-0.05, 0) is 31.0 Å². The lowest BCUT2D eigenvalue weighted by Crippen LogP contribution is -2.18. The first-order chi connectivity index (χ1) is 12.5. The van der Waals surface area contributed by atoms with Crippen LogP contribution in [0.25, 0.3) is 0 Å². The Kier molecular flexibility index (Phi) is 6.18. The molecule has 134 valence electrons. The van der Waals surface area contributed by atoms with Crippen LogP contribution in [0.4, 0.5) is 4.79 Å². The van der Waals surface area contributed by atoms with Gasteiger partial charge in [-0.1, -0.05) is 13.8 Å². The Labute approximate surface area is 151 Å². The molecule has 0 atom stereocenters. The van der Waals surface area contributed by atoms with E-state index in [-0.39, 0.29) is 6.61 Å². The fraction of sp³-hybridized carbons (Fsp3) is 0.333. The molecule has 0 aliphatic carbocycles. The van der Waals surface area contributed by atoms with Gasteiger partial charge in [0.2, 0.25) is 0 Å². The molecule has 0 fully saturated rings. The summed E-state index contributed by atoms with van der Waals surface area (Å²) < 4.78 is 12.5. The minimum Gasteiger partial charge on any atom is -0.453 e. The summed E-state index contributed by atoms with van der Waals surface area (Å²) in [6, 6.07) is 8.69. The molecule has 1 amide bonds. The van der Waals surface area contributed by atoms with E-state index in [0.29, 0.717) is 42.0 Å². The van der Waals surface area contributed by atoms with Crippen LogP contribution in [0.1, 0.15) is 36.4 Å². The lowest BCUT2D eigenvalue weighted by Gasteiger charge is -2.10. The summed E-state index contributed by atoms with van der Waals surface area (Å²) in [5.41, 5.74) is 7.23. The number of rotatable bonds is 7. The molecule has 0 spiro atoms. The first-order valence-corrected chi connectivity index (χ1v) is 8.16. The number of hydrogen-bond donors (Lipinski definition) is 1. The molecule has 0 saturated carbocycles. The number of amides is 1. The monoisotopic (exact) mass is 353 g/mol. The summed E-state index contributed by atoms with van der Waals surface area (Å²) in [4.78, 5) is 10.7. The lowest BCUT2D eigenvalue weighted by atomic mass is 10.1.